The van der Waals surface area contributed by atoms with Crippen LogP contribution in [0.15, 0.2) is 17.0 Å². The number of fused-ring (bicyclic) bond motifs is 1. The molecule has 1 heterocycles. The molecule has 90 valence electrons. The summed E-state index contributed by atoms with van der Waals surface area (Å²) in [6, 6.07) is 7.13. The third-order valence-electron chi connectivity index (χ3n) is 3.44. The summed E-state index contributed by atoms with van der Waals surface area (Å²) in [6.45, 7) is 4.34. The van der Waals surface area contributed by atoms with E-state index in [1.165, 1.54) is 21.7 Å². The van der Waals surface area contributed by atoms with Crippen molar-refractivity contribution in [3.8, 4) is 6.07 Å². The van der Waals surface area contributed by atoms with Crippen LogP contribution in [0.1, 0.15) is 24.0 Å². The summed E-state index contributed by atoms with van der Waals surface area (Å²) >= 11 is 1.94. The van der Waals surface area contributed by atoms with Crippen LogP contribution >= 0.6 is 11.8 Å². The first-order valence-electron chi connectivity index (χ1n) is 5.98. The van der Waals surface area contributed by atoms with Crippen molar-refractivity contribution in [2.24, 2.45) is 0 Å². The van der Waals surface area contributed by atoms with Crippen LogP contribution in [0.3, 0.4) is 0 Å². The number of benzene rings is 1. The van der Waals surface area contributed by atoms with E-state index in [1.807, 2.05) is 11.8 Å². The van der Waals surface area contributed by atoms with Crippen molar-refractivity contribution in [1.29, 1.82) is 5.26 Å². The maximum absolute atomic E-state index is 8.70. The molecule has 1 aliphatic rings. The standard InChI is InChI=1S/C14H18N2S/c1-10-6-7-11(2)14-13(10)16(3)12(9-17-14)5-4-8-15/h6-7,12H,4-5,9H2,1-3H3. The lowest BCUT2D eigenvalue weighted by Crippen LogP contribution is -2.37. The highest BCUT2D eigenvalue weighted by Crippen LogP contribution is 2.41. The van der Waals surface area contributed by atoms with Crippen molar-refractivity contribution in [3.63, 3.8) is 0 Å². The van der Waals surface area contributed by atoms with Gasteiger partial charge in [-0.3, -0.25) is 0 Å². The van der Waals surface area contributed by atoms with Gasteiger partial charge in [0.05, 0.1) is 11.8 Å². The van der Waals surface area contributed by atoms with Gasteiger partial charge in [0.15, 0.2) is 0 Å². The molecule has 1 aromatic rings. The first-order chi connectivity index (χ1) is 8.15. The fourth-order valence-corrected chi connectivity index (χ4v) is 3.86. The van der Waals surface area contributed by atoms with Gasteiger partial charge in [-0.1, -0.05) is 12.1 Å². The monoisotopic (exact) mass is 246 g/mol. The maximum Gasteiger partial charge on any atom is 0.0622 e. The Kier molecular flexibility index (Phi) is 3.63. The van der Waals surface area contributed by atoms with E-state index in [1.54, 1.807) is 0 Å². The van der Waals surface area contributed by atoms with Crippen LogP contribution in [-0.4, -0.2) is 18.8 Å². The Morgan fingerprint density at radius 1 is 1.41 bits per heavy atom. The van der Waals surface area contributed by atoms with Gasteiger partial charge in [0, 0.05) is 30.2 Å². The molecular weight excluding hydrogens is 228 g/mol. The zero-order valence-electron chi connectivity index (χ0n) is 10.7. The first kappa shape index (κ1) is 12.3. The van der Waals surface area contributed by atoms with Gasteiger partial charge in [-0.05, 0) is 31.4 Å². The highest BCUT2D eigenvalue weighted by atomic mass is 32.2. The summed E-state index contributed by atoms with van der Waals surface area (Å²) in [7, 11) is 2.16. The molecule has 0 bridgehead atoms. The number of nitrogens with zero attached hydrogens (tertiary/aromatic N) is 2. The second-order valence-electron chi connectivity index (χ2n) is 4.65. The fourth-order valence-electron chi connectivity index (χ4n) is 2.37. The summed E-state index contributed by atoms with van der Waals surface area (Å²) in [5.74, 6) is 1.09. The minimum Gasteiger partial charge on any atom is -0.370 e. The summed E-state index contributed by atoms with van der Waals surface area (Å²) in [6.07, 6.45) is 1.61. The molecule has 0 saturated heterocycles. The molecule has 17 heavy (non-hydrogen) atoms. The zero-order chi connectivity index (χ0) is 12.4. The molecule has 0 aromatic heterocycles. The molecule has 3 heteroatoms. The van der Waals surface area contributed by atoms with E-state index in [9.17, 15) is 0 Å². The van der Waals surface area contributed by atoms with E-state index >= 15 is 0 Å². The zero-order valence-corrected chi connectivity index (χ0v) is 11.5. The van der Waals surface area contributed by atoms with Gasteiger partial charge < -0.3 is 4.90 Å². The highest BCUT2D eigenvalue weighted by Gasteiger charge is 2.25. The molecule has 1 aliphatic heterocycles. The van der Waals surface area contributed by atoms with Crippen molar-refractivity contribution in [3.05, 3.63) is 23.3 Å². The molecule has 1 atom stereocenters. The smallest absolute Gasteiger partial charge is 0.0622 e. The fraction of sp³-hybridized carbons (Fsp3) is 0.500. The van der Waals surface area contributed by atoms with Crippen LogP contribution in [0, 0.1) is 25.2 Å². The molecule has 0 N–H and O–H groups in total. The lowest BCUT2D eigenvalue weighted by Gasteiger charge is -2.37. The van der Waals surface area contributed by atoms with Gasteiger partial charge in [0.1, 0.15) is 0 Å². The predicted molar refractivity (Wildman–Crippen MR) is 73.7 cm³/mol. The van der Waals surface area contributed by atoms with Crippen LogP contribution < -0.4 is 4.90 Å². The number of nitriles is 1. The Morgan fingerprint density at radius 3 is 2.82 bits per heavy atom. The normalized spacial score (nSPS) is 18.7. The molecule has 0 aliphatic carbocycles. The molecule has 1 aromatic carbocycles. The van der Waals surface area contributed by atoms with Crippen LogP contribution in [0.5, 0.6) is 0 Å². The SMILES string of the molecule is Cc1ccc(C)c2c1SCC(CCC#N)N2C. The lowest BCUT2D eigenvalue weighted by atomic mass is 10.1. The topological polar surface area (TPSA) is 27.0 Å². The minimum absolute atomic E-state index is 0.493. The number of aryl methyl sites for hydroxylation is 2. The minimum atomic E-state index is 0.493. The largest absolute Gasteiger partial charge is 0.370 e. The summed E-state index contributed by atoms with van der Waals surface area (Å²) in [5, 5.41) is 8.70. The van der Waals surface area contributed by atoms with Crippen molar-refractivity contribution in [1.82, 2.24) is 0 Å². The lowest BCUT2D eigenvalue weighted by molar-refractivity contribution is 0.634. The van der Waals surface area contributed by atoms with E-state index in [2.05, 4.69) is 44.0 Å². The van der Waals surface area contributed by atoms with Crippen LogP contribution in [-0.2, 0) is 0 Å². The van der Waals surface area contributed by atoms with Crippen LogP contribution in [0.2, 0.25) is 0 Å². The van der Waals surface area contributed by atoms with Crippen molar-refractivity contribution < 1.29 is 0 Å². The van der Waals surface area contributed by atoms with Gasteiger partial charge >= 0.3 is 0 Å². The van der Waals surface area contributed by atoms with Crippen molar-refractivity contribution in [2.75, 3.05) is 17.7 Å². The number of hydrogen-bond donors (Lipinski definition) is 0. The Morgan fingerprint density at radius 2 is 2.12 bits per heavy atom. The Hall–Kier alpha value is -1.14. The number of hydrogen-bond acceptors (Lipinski definition) is 3. The average molecular weight is 246 g/mol. The number of thioether (sulfide) groups is 1. The maximum atomic E-state index is 8.70. The molecule has 2 nitrogen and oxygen atoms in total. The summed E-state index contributed by atoms with van der Waals surface area (Å²) < 4.78 is 0. The van der Waals surface area contributed by atoms with Crippen LogP contribution in [0.25, 0.3) is 0 Å². The Balaban J connectivity index is 2.32. The Labute approximate surface area is 108 Å². The number of rotatable bonds is 2. The van der Waals surface area contributed by atoms with Gasteiger partial charge in [-0.15, -0.1) is 11.8 Å². The van der Waals surface area contributed by atoms with E-state index in [-0.39, 0.29) is 0 Å². The Bertz CT molecular complexity index is 462. The predicted octanol–water partition coefficient (Wildman–Crippen LogP) is 3.52. The van der Waals surface area contributed by atoms with Crippen LogP contribution in [0.4, 0.5) is 5.69 Å². The van der Waals surface area contributed by atoms with E-state index in [0.29, 0.717) is 12.5 Å². The van der Waals surface area contributed by atoms with Crippen molar-refractivity contribution in [2.45, 2.75) is 37.6 Å². The molecule has 0 radical (unpaired) electrons. The third kappa shape index (κ3) is 2.28. The third-order valence-corrected chi connectivity index (χ3v) is 4.80. The van der Waals surface area contributed by atoms with Crippen molar-refractivity contribution >= 4 is 17.4 Å². The quantitative estimate of drug-likeness (QED) is 0.799. The van der Waals surface area contributed by atoms with E-state index in [4.69, 9.17) is 5.26 Å². The molecular formula is C14H18N2S. The second-order valence-corrected chi connectivity index (χ2v) is 5.68. The molecule has 0 saturated carbocycles. The van der Waals surface area contributed by atoms with Gasteiger partial charge in [-0.2, -0.15) is 5.26 Å². The molecule has 1 unspecified atom stereocenters. The molecule has 0 fully saturated rings. The highest BCUT2D eigenvalue weighted by molar-refractivity contribution is 7.99. The number of anilines is 1. The summed E-state index contributed by atoms with van der Waals surface area (Å²) in [5.41, 5.74) is 4.06. The van der Waals surface area contributed by atoms with Gasteiger partial charge in [0.2, 0.25) is 0 Å². The molecule has 0 spiro atoms. The summed E-state index contributed by atoms with van der Waals surface area (Å²) in [4.78, 5) is 3.78. The average Bonchev–Trinajstić information content (AvgIpc) is 2.32. The van der Waals surface area contributed by atoms with E-state index in [0.717, 1.165) is 12.2 Å². The molecule has 2 rings (SSSR count). The van der Waals surface area contributed by atoms with Gasteiger partial charge in [-0.25, -0.2) is 0 Å². The first-order valence-corrected chi connectivity index (χ1v) is 6.96. The second kappa shape index (κ2) is 5.01. The van der Waals surface area contributed by atoms with Gasteiger partial charge in [0.25, 0.3) is 0 Å². The van der Waals surface area contributed by atoms with E-state index < -0.39 is 0 Å². The molecule has 0 amide bonds.